The van der Waals surface area contributed by atoms with Crippen molar-refractivity contribution in [2.45, 2.75) is 31.8 Å². The first-order chi connectivity index (χ1) is 10.8. The van der Waals surface area contributed by atoms with Gasteiger partial charge in [0.1, 0.15) is 0 Å². The maximum absolute atomic E-state index is 12.6. The average Bonchev–Trinajstić information content (AvgIpc) is 3.40. The highest BCUT2D eigenvalue weighted by molar-refractivity contribution is 5.78. The Balaban J connectivity index is 1.30. The second kappa shape index (κ2) is 6.01. The van der Waals surface area contributed by atoms with E-state index in [9.17, 15) is 4.79 Å². The van der Waals surface area contributed by atoms with Gasteiger partial charge in [-0.15, -0.1) is 0 Å². The minimum Gasteiger partial charge on any atom is -0.337 e. The quantitative estimate of drug-likeness (QED) is 0.843. The Hall–Kier alpha value is -1.39. The Morgan fingerprint density at radius 3 is 2.45 bits per heavy atom. The summed E-state index contributed by atoms with van der Waals surface area (Å²) in [6.45, 7) is 6.64. The van der Waals surface area contributed by atoms with Crippen molar-refractivity contribution < 1.29 is 4.79 Å². The summed E-state index contributed by atoms with van der Waals surface area (Å²) in [4.78, 5) is 19.5. The zero-order valence-electron chi connectivity index (χ0n) is 13.2. The molecule has 1 saturated carbocycles. The zero-order valence-corrected chi connectivity index (χ0v) is 13.2. The first kappa shape index (κ1) is 14.2. The molecule has 0 unspecified atom stereocenters. The predicted octanol–water partition coefficient (Wildman–Crippen LogP) is 1.35. The van der Waals surface area contributed by atoms with Crippen molar-refractivity contribution in [3.8, 4) is 0 Å². The van der Waals surface area contributed by atoms with Crippen LogP contribution >= 0.6 is 0 Å². The number of hydrogen-bond acceptors (Lipinski definition) is 3. The molecule has 118 valence electrons. The molecule has 22 heavy (non-hydrogen) atoms. The fraction of sp³-hybridized carbons (Fsp3) is 0.611. The number of carbonyl (C=O) groups excluding carboxylic acids is 1. The van der Waals surface area contributed by atoms with Crippen molar-refractivity contribution >= 4 is 5.91 Å². The molecule has 2 aliphatic heterocycles. The maximum atomic E-state index is 12.6. The smallest absolute Gasteiger partial charge is 0.237 e. The van der Waals surface area contributed by atoms with Gasteiger partial charge in [0, 0.05) is 45.3 Å². The summed E-state index contributed by atoms with van der Waals surface area (Å²) in [6, 6.07) is 9.37. The van der Waals surface area contributed by atoms with Crippen LogP contribution in [0.25, 0.3) is 0 Å². The van der Waals surface area contributed by atoms with Crippen LogP contribution in [-0.4, -0.2) is 65.9 Å². The van der Waals surface area contributed by atoms with Gasteiger partial charge >= 0.3 is 0 Å². The Labute approximate surface area is 132 Å². The molecule has 0 N–H and O–H groups in total. The summed E-state index contributed by atoms with van der Waals surface area (Å²) >= 11 is 0. The third kappa shape index (κ3) is 3.03. The van der Waals surface area contributed by atoms with E-state index in [2.05, 4.69) is 34.1 Å². The summed E-state index contributed by atoms with van der Waals surface area (Å²) < 4.78 is 0. The molecule has 1 amide bonds. The molecule has 0 aromatic heterocycles. The molecular formula is C18H25N3O. The van der Waals surface area contributed by atoms with Crippen LogP contribution in [0.15, 0.2) is 24.3 Å². The highest BCUT2D eigenvalue weighted by Gasteiger charge is 2.32. The van der Waals surface area contributed by atoms with E-state index in [0.717, 1.165) is 51.7 Å². The van der Waals surface area contributed by atoms with E-state index in [4.69, 9.17) is 0 Å². The molecule has 4 rings (SSSR count). The number of hydrogen-bond donors (Lipinski definition) is 0. The van der Waals surface area contributed by atoms with Crippen molar-refractivity contribution in [2.24, 2.45) is 0 Å². The highest BCUT2D eigenvalue weighted by Crippen LogP contribution is 2.27. The minimum atomic E-state index is 0.300. The van der Waals surface area contributed by atoms with Gasteiger partial charge in [-0.1, -0.05) is 24.3 Å². The number of amides is 1. The van der Waals surface area contributed by atoms with Crippen LogP contribution in [0.1, 0.15) is 24.0 Å². The van der Waals surface area contributed by atoms with Crippen molar-refractivity contribution in [2.75, 3.05) is 39.3 Å². The molecule has 4 nitrogen and oxygen atoms in total. The van der Waals surface area contributed by atoms with Crippen LogP contribution in [0.5, 0.6) is 0 Å². The number of rotatable bonds is 3. The SMILES string of the molecule is O=C(CN1CCN(C2CC2)CC1)N1CCc2ccccc2C1. The van der Waals surface area contributed by atoms with Crippen LogP contribution < -0.4 is 0 Å². The first-order valence-corrected chi connectivity index (χ1v) is 8.60. The third-order valence-corrected chi connectivity index (χ3v) is 5.31. The summed E-state index contributed by atoms with van der Waals surface area (Å²) in [6.07, 6.45) is 3.76. The summed E-state index contributed by atoms with van der Waals surface area (Å²) in [5.74, 6) is 0.300. The summed E-state index contributed by atoms with van der Waals surface area (Å²) in [5.41, 5.74) is 2.73. The highest BCUT2D eigenvalue weighted by atomic mass is 16.2. The third-order valence-electron chi connectivity index (χ3n) is 5.31. The second-order valence-electron chi connectivity index (χ2n) is 6.88. The number of carbonyl (C=O) groups is 1. The van der Waals surface area contributed by atoms with E-state index >= 15 is 0 Å². The van der Waals surface area contributed by atoms with Crippen molar-refractivity contribution in [1.29, 1.82) is 0 Å². The van der Waals surface area contributed by atoms with Crippen molar-refractivity contribution in [3.63, 3.8) is 0 Å². The average molecular weight is 299 g/mol. The lowest BCUT2D eigenvalue weighted by atomic mass is 10.00. The van der Waals surface area contributed by atoms with Gasteiger partial charge in [-0.05, 0) is 30.4 Å². The van der Waals surface area contributed by atoms with Crippen LogP contribution in [0.2, 0.25) is 0 Å². The van der Waals surface area contributed by atoms with Crippen LogP contribution in [0.4, 0.5) is 0 Å². The molecule has 0 bridgehead atoms. The molecule has 1 saturated heterocycles. The maximum Gasteiger partial charge on any atom is 0.237 e. The monoisotopic (exact) mass is 299 g/mol. The molecule has 0 radical (unpaired) electrons. The van der Waals surface area contributed by atoms with Crippen molar-refractivity contribution in [1.82, 2.24) is 14.7 Å². The van der Waals surface area contributed by atoms with E-state index in [-0.39, 0.29) is 0 Å². The van der Waals surface area contributed by atoms with Gasteiger partial charge in [-0.25, -0.2) is 0 Å². The summed E-state index contributed by atoms with van der Waals surface area (Å²) in [7, 11) is 0. The lowest BCUT2D eigenvalue weighted by Crippen LogP contribution is -2.51. The van der Waals surface area contributed by atoms with Crippen LogP contribution in [-0.2, 0) is 17.8 Å². The lowest BCUT2D eigenvalue weighted by Gasteiger charge is -2.36. The minimum absolute atomic E-state index is 0.300. The summed E-state index contributed by atoms with van der Waals surface area (Å²) in [5, 5.41) is 0. The molecular weight excluding hydrogens is 274 g/mol. The van der Waals surface area contributed by atoms with E-state index in [1.807, 2.05) is 4.90 Å². The molecule has 0 spiro atoms. The van der Waals surface area contributed by atoms with E-state index < -0.39 is 0 Å². The zero-order chi connectivity index (χ0) is 14.9. The number of benzene rings is 1. The Morgan fingerprint density at radius 1 is 1.00 bits per heavy atom. The second-order valence-corrected chi connectivity index (χ2v) is 6.88. The van der Waals surface area contributed by atoms with Crippen LogP contribution in [0, 0.1) is 0 Å². The molecule has 1 aliphatic carbocycles. The molecule has 1 aromatic rings. The van der Waals surface area contributed by atoms with Gasteiger partial charge in [0.05, 0.1) is 6.54 Å². The molecule has 2 fully saturated rings. The Morgan fingerprint density at radius 2 is 1.73 bits per heavy atom. The largest absolute Gasteiger partial charge is 0.337 e. The normalized spacial score (nSPS) is 23.4. The van der Waals surface area contributed by atoms with Gasteiger partial charge in [-0.2, -0.15) is 0 Å². The van der Waals surface area contributed by atoms with Gasteiger partial charge < -0.3 is 4.90 Å². The van der Waals surface area contributed by atoms with Gasteiger partial charge in [0.2, 0.25) is 5.91 Å². The molecule has 0 atom stereocenters. The molecule has 2 heterocycles. The van der Waals surface area contributed by atoms with E-state index in [1.165, 1.54) is 24.0 Å². The van der Waals surface area contributed by atoms with Gasteiger partial charge in [0.25, 0.3) is 0 Å². The fourth-order valence-corrected chi connectivity index (χ4v) is 3.73. The van der Waals surface area contributed by atoms with E-state index in [0.29, 0.717) is 12.5 Å². The number of nitrogens with zero attached hydrogens (tertiary/aromatic N) is 3. The van der Waals surface area contributed by atoms with E-state index in [1.54, 1.807) is 0 Å². The van der Waals surface area contributed by atoms with Gasteiger partial charge in [-0.3, -0.25) is 14.6 Å². The van der Waals surface area contributed by atoms with Crippen LogP contribution in [0.3, 0.4) is 0 Å². The Bertz CT molecular complexity index is 547. The number of fused-ring (bicyclic) bond motifs is 1. The molecule has 4 heteroatoms. The fourth-order valence-electron chi connectivity index (χ4n) is 3.73. The predicted molar refractivity (Wildman–Crippen MR) is 86.6 cm³/mol. The van der Waals surface area contributed by atoms with Crippen molar-refractivity contribution in [3.05, 3.63) is 35.4 Å². The standard InChI is InChI=1S/C18H25N3O/c22-18(14-19-9-11-20(12-10-19)17-5-6-17)21-8-7-15-3-1-2-4-16(15)13-21/h1-4,17H,5-14H2. The number of piperazine rings is 1. The van der Waals surface area contributed by atoms with Gasteiger partial charge in [0.15, 0.2) is 0 Å². The lowest BCUT2D eigenvalue weighted by molar-refractivity contribution is -0.133. The Kier molecular flexibility index (Phi) is 3.89. The topological polar surface area (TPSA) is 26.8 Å². The molecule has 1 aromatic carbocycles. The molecule has 3 aliphatic rings. The first-order valence-electron chi connectivity index (χ1n) is 8.60.